The summed E-state index contributed by atoms with van der Waals surface area (Å²) in [6.07, 6.45) is 5.58. The number of rotatable bonds is 7. The fourth-order valence-corrected chi connectivity index (χ4v) is 2.86. The van der Waals surface area contributed by atoms with E-state index in [1.54, 1.807) is 18.0 Å². The van der Waals surface area contributed by atoms with Crippen molar-refractivity contribution in [2.45, 2.75) is 13.1 Å². The Kier molecular flexibility index (Phi) is 5.33. The van der Waals surface area contributed by atoms with Crippen molar-refractivity contribution >= 4 is 23.0 Å². The van der Waals surface area contributed by atoms with Crippen molar-refractivity contribution in [3.05, 3.63) is 77.9 Å². The third kappa shape index (κ3) is 4.49. The van der Waals surface area contributed by atoms with Gasteiger partial charge >= 0.3 is 0 Å². The molecule has 8 heteroatoms. The van der Waals surface area contributed by atoms with Gasteiger partial charge in [0.2, 0.25) is 0 Å². The first kappa shape index (κ1) is 18.4. The summed E-state index contributed by atoms with van der Waals surface area (Å²) < 4.78 is 6.82. The summed E-state index contributed by atoms with van der Waals surface area (Å²) in [6.45, 7) is 0.789. The monoisotopic (exact) mass is 388 g/mol. The van der Waals surface area contributed by atoms with Gasteiger partial charge in [-0.15, -0.1) is 5.10 Å². The van der Waals surface area contributed by atoms with Crippen LogP contribution in [0.5, 0.6) is 5.75 Å². The van der Waals surface area contributed by atoms with Crippen molar-refractivity contribution in [3.63, 3.8) is 0 Å². The van der Waals surface area contributed by atoms with Crippen molar-refractivity contribution in [2.75, 3.05) is 7.11 Å². The van der Waals surface area contributed by atoms with Crippen LogP contribution < -0.4 is 10.1 Å². The van der Waals surface area contributed by atoms with Crippen molar-refractivity contribution in [2.24, 2.45) is 0 Å². The standard InChI is InChI=1S/C21H20N6O2/c1-29-16-9-10-17-18(12-16)24-20(23-17)13-22-21(28)19-14-27(26-25-19)11-5-8-15-6-3-2-4-7-15/h2-10,12,14H,11,13H2,1H3,(H,22,28)(H,23,24)/b8-5+. The Bertz CT molecular complexity index is 1150. The van der Waals surface area contributed by atoms with E-state index in [0.29, 0.717) is 12.4 Å². The van der Waals surface area contributed by atoms with E-state index in [9.17, 15) is 4.79 Å². The molecule has 0 radical (unpaired) electrons. The lowest BCUT2D eigenvalue weighted by Gasteiger charge is -1.99. The number of allylic oxidation sites excluding steroid dienone is 1. The Morgan fingerprint density at radius 2 is 2.10 bits per heavy atom. The minimum atomic E-state index is -0.304. The van der Waals surface area contributed by atoms with E-state index in [-0.39, 0.29) is 18.1 Å². The summed E-state index contributed by atoms with van der Waals surface area (Å²) in [4.78, 5) is 20.0. The van der Waals surface area contributed by atoms with E-state index < -0.39 is 0 Å². The SMILES string of the molecule is COc1ccc2nc(CNC(=O)c3cn(C/C=C/c4ccccc4)nn3)[nH]c2c1. The van der Waals surface area contributed by atoms with Gasteiger partial charge < -0.3 is 15.0 Å². The van der Waals surface area contributed by atoms with Crippen molar-refractivity contribution in [3.8, 4) is 5.75 Å². The smallest absolute Gasteiger partial charge is 0.273 e. The topological polar surface area (TPSA) is 97.7 Å². The minimum Gasteiger partial charge on any atom is -0.497 e. The summed E-state index contributed by atoms with van der Waals surface area (Å²) in [5, 5.41) is 10.7. The summed E-state index contributed by atoms with van der Waals surface area (Å²) in [5.41, 5.74) is 3.03. The molecule has 4 aromatic rings. The molecular formula is C21H20N6O2. The molecule has 0 aliphatic rings. The normalized spacial score (nSPS) is 11.2. The molecule has 2 aromatic heterocycles. The molecule has 2 N–H and O–H groups in total. The molecule has 0 fully saturated rings. The van der Waals surface area contributed by atoms with Crippen LogP contribution in [0.3, 0.4) is 0 Å². The molecule has 2 aromatic carbocycles. The number of aromatic amines is 1. The highest BCUT2D eigenvalue weighted by atomic mass is 16.5. The number of methoxy groups -OCH3 is 1. The van der Waals surface area contributed by atoms with Gasteiger partial charge in [-0.3, -0.25) is 4.79 Å². The van der Waals surface area contributed by atoms with Gasteiger partial charge in [-0.05, 0) is 17.7 Å². The second kappa shape index (κ2) is 8.39. The van der Waals surface area contributed by atoms with Crippen molar-refractivity contribution in [1.82, 2.24) is 30.3 Å². The summed E-state index contributed by atoms with van der Waals surface area (Å²) >= 11 is 0. The third-order valence-electron chi connectivity index (χ3n) is 4.33. The maximum atomic E-state index is 12.3. The van der Waals surface area contributed by atoms with E-state index in [1.165, 1.54) is 0 Å². The van der Waals surface area contributed by atoms with Crippen LogP contribution in [0.15, 0.2) is 60.8 Å². The largest absolute Gasteiger partial charge is 0.497 e. The average molecular weight is 388 g/mol. The number of aromatic nitrogens is 5. The van der Waals surface area contributed by atoms with Crippen LogP contribution in [-0.2, 0) is 13.1 Å². The van der Waals surface area contributed by atoms with Crippen LogP contribution in [0.2, 0.25) is 0 Å². The van der Waals surface area contributed by atoms with E-state index in [4.69, 9.17) is 4.74 Å². The van der Waals surface area contributed by atoms with Gasteiger partial charge in [0.25, 0.3) is 5.91 Å². The number of H-pyrrole nitrogens is 1. The molecule has 0 spiro atoms. The molecule has 0 unspecified atom stereocenters. The number of imidazole rings is 1. The number of hydrogen-bond acceptors (Lipinski definition) is 5. The number of carbonyl (C=O) groups is 1. The number of nitrogens with zero attached hydrogens (tertiary/aromatic N) is 4. The highest BCUT2D eigenvalue weighted by Gasteiger charge is 2.11. The maximum absolute atomic E-state index is 12.3. The molecule has 2 heterocycles. The molecule has 0 aliphatic heterocycles. The van der Waals surface area contributed by atoms with Crippen LogP contribution >= 0.6 is 0 Å². The van der Waals surface area contributed by atoms with E-state index in [0.717, 1.165) is 22.3 Å². The summed E-state index contributed by atoms with van der Waals surface area (Å²) in [5.74, 6) is 1.09. The number of hydrogen-bond donors (Lipinski definition) is 2. The fraction of sp³-hybridized carbons (Fsp3) is 0.143. The van der Waals surface area contributed by atoms with Crippen molar-refractivity contribution in [1.29, 1.82) is 0 Å². The average Bonchev–Trinajstić information content (AvgIpc) is 3.39. The molecular weight excluding hydrogens is 368 g/mol. The van der Waals surface area contributed by atoms with Gasteiger partial charge in [0.15, 0.2) is 5.69 Å². The van der Waals surface area contributed by atoms with Gasteiger partial charge in [0, 0.05) is 6.07 Å². The van der Waals surface area contributed by atoms with Gasteiger partial charge in [0.1, 0.15) is 11.6 Å². The minimum absolute atomic E-state index is 0.260. The number of ether oxygens (including phenoxy) is 1. The molecule has 0 aliphatic carbocycles. The van der Waals surface area contributed by atoms with E-state index >= 15 is 0 Å². The van der Waals surface area contributed by atoms with E-state index in [2.05, 4.69) is 25.6 Å². The highest BCUT2D eigenvalue weighted by Crippen LogP contribution is 2.18. The fourth-order valence-electron chi connectivity index (χ4n) is 2.86. The zero-order chi connectivity index (χ0) is 20.1. The predicted octanol–water partition coefficient (Wildman–Crippen LogP) is 2.81. The van der Waals surface area contributed by atoms with Gasteiger partial charge in [-0.1, -0.05) is 47.7 Å². The molecule has 0 saturated heterocycles. The van der Waals surface area contributed by atoms with Gasteiger partial charge in [0.05, 0.1) is 37.4 Å². The number of amides is 1. The quantitative estimate of drug-likeness (QED) is 0.507. The highest BCUT2D eigenvalue weighted by molar-refractivity contribution is 5.91. The predicted molar refractivity (Wildman–Crippen MR) is 109 cm³/mol. The van der Waals surface area contributed by atoms with E-state index in [1.807, 2.05) is 60.7 Å². The Labute approximate surface area is 167 Å². The summed E-state index contributed by atoms with van der Waals surface area (Å²) in [7, 11) is 1.61. The molecule has 4 rings (SSSR count). The number of benzene rings is 2. The Balaban J connectivity index is 1.34. The molecule has 0 bridgehead atoms. The third-order valence-corrected chi connectivity index (χ3v) is 4.33. The van der Waals surface area contributed by atoms with Crippen LogP contribution in [0, 0.1) is 0 Å². The lowest BCUT2D eigenvalue weighted by molar-refractivity contribution is 0.0945. The molecule has 29 heavy (non-hydrogen) atoms. The zero-order valence-corrected chi connectivity index (χ0v) is 15.9. The first-order chi connectivity index (χ1) is 14.2. The van der Waals surface area contributed by atoms with Gasteiger partial charge in [-0.25, -0.2) is 9.67 Å². The molecule has 8 nitrogen and oxygen atoms in total. The van der Waals surface area contributed by atoms with Gasteiger partial charge in [-0.2, -0.15) is 0 Å². The molecule has 146 valence electrons. The molecule has 1 amide bonds. The van der Waals surface area contributed by atoms with Crippen LogP contribution in [0.4, 0.5) is 0 Å². The lowest BCUT2D eigenvalue weighted by Crippen LogP contribution is -2.23. The first-order valence-electron chi connectivity index (χ1n) is 9.14. The second-order valence-corrected chi connectivity index (χ2v) is 6.39. The zero-order valence-electron chi connectivity index (χ0n) is 15.9. The molecule has 0 saturated carbocycles. The second-order valence-electron chi connectivity index (χ2n) is 6.39. The molecule has 0 atom stereocenters. The number of fused-ring (bicyclic) bond motifs is 1. The summed E-state index contributed by atoms with van der Waals surface area (Å²) in [6, 6.07) is 15.5. The lowest BCUT2D eigenvalue weighted by atomic mass is 10.2. The maximum Gasteiger partial charge on any atom is 0.273 e. The van der Waals surface area contributed by atoms with Crippen LogP contribution in [0.25, 0.3) is 17.1 Å². The number of nitrogens with one attached hydrogen (secondary N) is 2. The Morgan fingerprint density at radius 3 is 2.93 bits per heavy atom. The number of carbonyl (C=O) groups excluding carboxylic acids is 1. The Morgan fingerprint density at radius 1 is 1.24 bits per heavy atom. The van der Waals surface area contributed by atoms with Crippen LogP contribution in [0.1, 0.15) is 21.9 Å². The van der Waals surface area contributed by atoms with Crippen molar-refractivity contribution < 1.29 is 9.53 Å². The first-order valence-corrected chi connectivity index (χ1v) is 9.14. The Hall–Kier alpha value is -3.94. The van der Waals surface area contributed by atoms with Crippen LogP contribution in [-0.4, -0.2) is 38.0 Å².